The minimum absolute atomic E-state index is 1.77. The van der Waals surface area contributed by atoms with E-state index in [-0.39, 0.29) is 0 Å². The van der Waals surface area contributed by atoms with E-state index in [0.29, 0.717) is 0 Å². The van der Waals surface area contributed by atoms with Gasteiger partial charge in [0.05, 0.1) is 0 Å². The smallest absolute Gasteiger partial charge is 0.413 e. The predicted molar refractivity (Wildman–Crippen MR) is 128 cm³/mol. The van der Waals surface area contributed by atoms with Crippen LogP contribution in [-0.2, 0) is 32.9 Å². The highest BCUT2D eigenvalue weighted by molar-refractivity contribution is 6.98. The average molecular weight is 529 g/mol. The molecule has 2 rings (SSSR count). The Morgan fingerprint density at radius 2 is 0.621 bits per heavy atom. The van der Waals surface area contributed by atoms with Crippen LogP contribution < -0.4 is 0 Å². The van der Waals surface area contributed by atoms with Gasteiger partial charge in [-0.3, -0.25) is 0 Å². The third-order valence-corrected chi connectivity index (χ3v) is 31.7. The van der Waals surface area contributed by atoms with Crippen LogP contribution in [0.4, 0.5) is 0 Å². The first-order chi connectivity index (χ1) is 12.8. The molecule has 0 aromatic rings. The first kappa shape index (κ1) is 25.9. The zero-order valence-electron chi connectivity index (χ0n) is 19.3. The van der Waals surface area contributed by atoms with E-state index in [0.717, 1.165) is 0 Å². The lowest BCUT2D eigenvalue weighted by atomic mass is 11.3. The lowest BCUT2D eigenvalue weighted by Gasteiger charge is -2.51. The summed E-state index contributed by atoms with van der Waals surface area (Å²) in [5.74, 6) is 0. The van der Waals surface area contributed by atoms with Crippen molar-refractivity contribution in [2.24, 2.45) is 0 Å². The summed E-state index contributed by atoms with van der Waals surface area (Å²) in [5, 5.41) is 0. The molecule has 29 heavy (non-hydrogen) atoms. The maximum atomic E-state index is 6.58. The van der Waals surface area contributed by atoms with Crippen molar-refractivity contribution in [2.45, 2.75) is 65.5 Å². The Morgan fingerprint density at radius 3 is 0.793 bits per heavy atom. The molecule has 2 aliphatic heterocycles. The highest BCUT2D eigenvalue weighted by atomic mass is 28.6. The van der Waals surface area contributed by atoms with Crippen molar-refractivity contribution >= 4 is 60.4 Å². The van der Waals surface area contributed by atoms with Crippen molar-refractivity contribution in [1.82, 2.24) is 0 Å². The van der Waals surface area contributed by atoms with Gasteiger partial charge in [0.2, 0.25) is 0 Å². The van der Waals surface area contributed by atoms with Crippen LogP contribution in [0.5, 0.6) is 0 Å². The van der Waals surface area contributed by atoms with Gasteiger partial charge >= 0.3 is 60.4 Å². The lowest BCUT2D eigenvalue weighted by molar-refractivity contribution is 0.0798. The largest absolute Gasteiger partial charge is 0.643 e. The Labute approximate surface area is 183 Å². The molecular weight excluding hydrogens is 493 g/mol. The minimum Gasteiger partial charge on any atom is -0.413 e. The van der Waals surface area contributed by atoms with E-state index >= 15 is 0 Å². The SMILES string of the molecule is C=C[Si]1(C)O[Si](C)(C)O[Si]2(O[Si](C)(C)O1)O[Si](C)(C)O[Si](C)(C=C)O[Si](C)(C)O2. The van der Waals surface area contributed by atoms with E-state index in [1.807, 2.05) is 65.5 Å². The quantitative estimate of drug-likeness (QED) is 0.498. The monoisotopic (exact) mass is 528 g/mol. The second kappa shape index (κ2) is 7.92. The maximum Gasteiger partial charge on any atom is 0.643 e. The summed E-state index contributed by atoms with van der Waals surface area (Å²) < 4.78 is 52.1. The van der Waals surface area contributed by atoms with E-state index < -0.39 is 60.4 Å². The molecule has 15 heteroatoms. The molecule has 0 amide bonds. The number of rotatable bonds is 2. The summed E-state index contributed by atoms with van der Waals surface area (Å²) in [5.41, 5.74) is 3.54. The average Bonchev–Trinajstić information content (AvgIpc) is 2.38. The molecule has 2 saturated heterocycles. The third kappa shape index (κ3) is 6.83. The van der Waals surface area contributed by atoms with Crippen LogP contribution in [-0.4, -0.2) is 60.4 Å². The molecule has 2 aliphatic rings. The number of hydrogen-bond donors (Lipinski definition) is 0. The summed E-state index contributed by atoms with van der Waals surface area (Å²) in [4.78, 5) is 0. The van der Waals surface area contributed by atoms with Crippen LogP contribution in [0.1, 0.15) is 0 Å². The van der Waals surface area contributed by atoms with Gasteiger partial charge in [-0.25, -0.2) is 0 Å². The van der Waals surface area contributed by atoms with Crippen LogP contribution in [0.2, 0.25) is 65.5 Å². The summed E-state index contributed by atoms with van der Waals surface area (Å²) >= 11 is 0. The topological polar surface area (TPSA) is 73.8 Å². The fourth-order valence-corrected chi connectivity index (χ4v) is 36.7. The van der Waals surface area contributed by atoms with Gasteiger partial charge < -0.3 is 32.9 Å². The molecule has 168 valence electrons. The van der Waals surface area contributed by atoms with E-state index in [1.165, 1.54) is 0 Å². The summed E-state index contributed by atoms with van der Waals surface area (Å²) in [6.07, 6.45) is 0. The molecule has 0 radical (unpaired) electrons. The normalized spacial score (nSPS) is 41.4. The van der Waals surface area contributed by atoms with Crippen LogP contribution in [0.3, 0.4) is 0 Å². The van der Waals surface area contributed by atoms with Crippen molar-refractivity contribution in [2.75, 3.05) is 0 Å². The second-order valence-corrected chi connectivity index (χ2v) is 33.0. The first-order valence-corrected chi connectivity index (χ1v) is 27.3. The third-order valence-electron chi connectivity index (χ3n) is 4.02. The molecule has 0 saturated carbocycles. The molecule has 0 aromatic carbocycles. The van der Waals surface area contributed by atoms with E-state index in [4.69, 9.17) is 32.9 Å². The molecule has 1 spiro atoms. The number of hydrogen-bond acceptors (Lipinski definition) is 8. The van der Waals surface area contributed by atoms with Gasteiger partial charge in [-0.15, -0.1) is 13.2 Å². The highest BCUT2D eigenvalue weighted by Crippen LogP contribution is 2.38. The van der Waals surface area contributed by atoms with Gasteiger partial charge in [0, 0.05) is 0 Å². The maximum absolute atomic E-state index is 6.58. The molecule has 0 atom stereocenters. The molecule has 8 nitrogen and oxygen atoms in total. The Kier molecular flexibility index (Phi) is 7.08. The lowest BCUT2D eigenvalue weighted by Crippen LogP contribution is -2.74. The highest BCUT2D eigenvalue weighted by Gasteiger charge is 2.66. The van der Waals surface area contributed by atoms with Crippen LogP contribution in [0.25, 0.3) is 0 Å². The van der Waals surface area contributed by atoms with Gasteiger partial charge in [0.25, 0.3) is 0 Å². The fourth-order valence-electron chi connectivity index (χ4n) is 3.57. The summed E-state index contributed by atoms with van der Waals surface area (Å²) in [6, 6.07) is 0. The van der Waals surface area contributed by atoms with Crippen LogP contribution in [0.15, 0.2) is 24.6 Å². The molecule has 2 heterocycles. The summed E-state index contributed by atoms with van der Waals surface area (Å²) in [7, 11) is -20.1. The minimum atomic E-state index is -3.70. The van der Waals surface area contributed by atoms with Crippen molar-refractivity contribution in [1.29, 1.82) is 0 Å². The summed E-state index contributed by atoms with van der Waals surface area (Å²) in [6.45, 7) is 27.3. The van der Waals surface area contributed by atoms with E-state index in [2.05, 4.69) is 13.2 Å². The van der Waals surface area contributed by atoms with Crippen molar-refractivity contribution < 1.29 is 32.9 Å². The zero-order valence-corrected chi connectivity index (χ0v) is 26.3. The van der Waals surface area contributed by atoms with Gasteiger partial charge in [-0.2, -0.15) is 0 Å². The molecule has 0 aliphatic carbocycles. The first-order valence-electron chi connectivity index (χ1n) is 9.66. The Bertz CT molecular complexity index is 569. The molecule has 0 N–H and O–H groups in total. The Balaban J connectivity index is 2.55. The second-order valence-electron chi connectivity index (χ2n) is 9.36. The molecule has 0 bridgehead atoms. The Morgan fingerprint density at radius 1 is 0.414 bits per heavy atom. The van der Waals surface area contributed by atoms with Crippen LogP contribution >= 0.6 is 0 Å². The van der Waals surface area contributed by atoms with Gasteiger partial charge in [-0.05, 0) is 65.5 Å². The molecule has 0 aromatic heterocycles. The van der Waals surface area contributed by atoms with Crippen LogP contribution in [0, 0.1) is 0 Å². The standard InChI is InChI=1S/C14H36O8Si7/c1-13-27(11)15-23(3,4)19-29(20-24(5,6)16-27)21-25(7,8)17-28(12,14-2)18-26(9,10)22-29/h13-14H,1-2H2,3-12H3. The molecule has 2 fully saturated rings. The van der Waals surface area contributed by atoms with Crippen molar-refractivity contribution in [3.05, 3.63) is 24.6 Å². The van der Waals surface area contributed by atoms with Crippen molar-refractivity contribution in [3.63, 3.8) is 0 Å². The van der Waals surface area contributed by atoms with E-state index in [1.54, 1.807) is 11.4 Å². The fraction of sp³-hybridized carbons (Fsp3) is 0.714. The van der Waals surface area contributed by atoms with Gasteiger partial charge in [-0.1, -0.05) is 11.4 Å². The predicted octanol–water partition coefficient (Wildman–Crippen LogP) is 3.98. The zero-order chi connectivity index (χ0) is 22.6. The van der Waals surface area contributed by atoms with Gasteiger partial charge in [0.15, 0.2) is 0 Å². The van der Waals surface area contributed by atoms with Gasteiger partial charge in [0.1, 0.15) is 0 Å². The molecule has 0 unspecified atom stereocenters. The Hall–Kier alpha value is 0.678. The molecular formula is C14H36O8Si7. The van der Waals surface area contributed by atoms with Crippen molar-refractivity contribution in [3.8, 4) is 0 Å². The van der Waals surface area contributed by atoms with E-state index in [9.17, 15) is 0 Å².